The number of hydrogen-bond donors (Lipinski definition) is 0. The van der Waals surface area contributed by atoms with Gasteiger partial charge in [0.15, 0.2) is 0 Å². The molecule has 0 aliphatic carbocycles. The Labute approximate surface area is 49.2 Å². The molecule has 0 unspecified atom stereocenters. The molecule has 0 atom stereocenters. The molecular weight excluding hydrogens is 129 g/mol. The second kappa shape index (κ2) is 2.54. The van der Waals surface area contributed by atoms with Crippen molar-refractivity contribution in [1.29, 1.82) is 0 Å². The molecule has 0 radical (unpaired) electrons. The zero-order valence-corrected chi connectivity index (χ0v) is 6.17. The number of rotatable bonds is 2. The first kappa shape index (κ1) is 8.03. The Kier molecular flexibility index (Phi) is 2.55. The van der Waals surface area contributed by atoms with E-state index in [1.165, 1.54) is 0 Å². The third-order valence-corrected chi connectivity index (χ3v) is 1.84. The molecule has 3 heteroatoms. The van der Waals surface area contributed by atoms with E-state index in [0.717, 1.165) is 6.66 Å². The third-order valence-electron chi connectivity index (χ3n) is 0.612. The topological polar surface area (TPSA) is 0 Å². The van der Waals surface area contributed by atoms with Crippen LogP contribution in [0.1, 0.15) is 6.92 Å². The number of hydrogen-bond acceptors (Lipinski definition) is 0. The monoisotopic (exact) mass is 140 g/mol. The molecule has 0 fully saturated rings. The fourth-order valence-corrected chi connectivity index (χ4v) is 1.59. The molecule has 8 heavy (non-hydrogen) atoms. The SMILES string of the molecule is C=C(C)C[PH](C)(F)F. The molecule has 0 aromatic heterocycles. The van der Waals surface area contributed by atoms with Crippen LogP contribution in [-0.4, -0.2) is 12.8 Å². The van der Waals surface area contributed by atoms with Crippen molar-refractivity contribution < 1.29 is 8.39 Å². The quantitative estimate of drug-likeness (QED) is 0.408. The van der Waals surface area contributed by atoms with Crippen molar-refractivity contribution in [2.24, 2.45) is 0 Å². The van der Waals surface area contributed by atoms with E-state index in [4.69, 9.17) is 0 Å². The van der Waals surface area contributed by atoms with Crippen LogP contribution in [0.4, 0.5) is 8.39 Å². The zero-order chi connectivity index (χ0) is 6.78. The zero-order valence-electron chi connectivity index (χ0n) is 5.17. The van der Waals surface area contributed by atoms with E-state index in [-0.39, 0.29) is 6.16 Å². The number of halogens is 2. The second-order valence-corrected chi connectivity index (χ2v) is 4.70. The van der Waals surface area contributed by atoms with Crippen molar-refractivity contribution in [3.63, 3.8) is 0 Å². The average molecular weight is 140 g/mol. The van der Waals surface area contributed by atoms with Crippen LogP contribution in [0.2, 0.25) is 0 Å². The first-order valence-electron chi connectivity index (χ1n) is 2.44. The van der Waals surface area contributed by atoms with Gasteiger partial charge in [-0.3, -0.25) is 0 Å². The molecule has 0 saturated heterocycles. The van der Waals surface area contributed by atoms with Gasteiger partial charge in [0, 0.05) is 0 Å². The van der Waals surface area contributed by atoms with Crippen LogP contribution >= 0.6 is 7.88 Å². The summed E-state index contributed by atoms with van der Waals surface area (Å²) in [5.74, 6) is 0. The van der Waals surface area contributed by atoms with Crippen molar-refractivity contribution >= 4 is 7.88 Å². The Bertz CT molecular complexity index is 93.1. The van der Waals surface area contributed by atoms with Crippen molar-refractivity contribution in [3.05, 3.63) is 12.2 Å². The Morgan fingerprint density at radius 2 is 2.00 bits per heavy atom. The van der Waals surface area contributed by atoms with Gasteiger partial charge in [0.2, 0.25) is 0 Å². The second-order valence-electron chi connectivity index (χ2n) is 2.20. The van der Waals surface area contributed by atoms with Crippen LogP contribution in [0.3, 0.4) is 0 Å². The number of allylic oxidation sites excluding steroid dienone is 1. The molecule has 50 valence electrons. The maximum atomic E-state index is 12.1. The molecule has 0 nitrogen and oxygen atoms in total. The van der Waals surface area contributed by atoms with Gasteiger partial charge in [-0.05, 0) is 0 Å². The fraction of sp³-hybridized carbons (Fsp3) is 0.600. The molecule has 0 aromatic rings. The summed E-state index contributed by atoms with van der Waals surface area (Å²) in [4.78, 5) is 0. The molecule has 0 spiro atoms. The van der Waals surface area contributed by atoms with Gasteiger partial charge in [-0.15, -0.1) is 0 Å². The van der Waals surface area contributed by atoms with Crippen molar-refractivity contribution in [1.82, 2.24) is 0 Å². The standard InChI is InChI=1S/C5H11F2P/c1-5(2)4-8(3,6)7/h8H,1,4H2,2-3H3. The van der Waals surface area contributed by atoms with Gasteiger partial charge < -0.3 is 0 Å². The van der Waals surface area contributed by atoms with Crippen LogP contribution < -0.4 is 0 Å². The van der Waals surface area contributed by atoms with E-state index < -0.39 is 7.88 Å². The molecule has 0 heterocycles. The average Bonchev–Trinajstić information content (AvgIpc) is 1.21. The van der Waals surface area contributed by atoms with Crippen LogP contribution in [0.15, 0.2) is 12.2 Å². The van der Waals surface area contributed by atoms with Gasteiger partial charge in [0.1, 0.15) is 0 Å². The first-order chi connectivity index (χ1) is 3.42. The molecule has 0 bridgehead atoms. The third kappa shape index (κ3) is 6.03. The molecular formula is C5H11F2P. The molecule has 0 saturated carbocycles. The molecule has 0 aliphatic rings. The predicted octanol–water partition coefficient (Wildman–Crippen LogP) is 2.71. The van der Waals surface area contributed by atoms with Gasteiger partial charge in [0.05, 0.1) is 0 Å². The van der Waals surface area contributed by atoms with E-state index >= 15 is 0 Å². The van der Waals surface area contributed by atoms with Gasteiger partial charge in [-0.2, -0.15) is 0 Å². The Morgan fingerprint density at radius 3 is 2.00 bits per heavy atom. The van der Waals surface area contributed by atoms with Gasteiger partial charge in [-0.1, -0.05) is 0 Å². The summed E-state index contributed by atoms with van der Waals surface area (Å²) in [6.07, 6.45) is -0.0625. The summed E-state index contributed by atoms with van der Waals surface area (Å²) in [5, 5.41) is 0. The summed E-state index contributed by atoms with van der Waals surface area (Å²) >= 11 is 0. The summed E-state index contributed by atoms with van der Waals surface area (Å²) in [6, 6.07) is 0. The molecule has 0 aliphatic heterocycles. The summed E-state index contributed by atoms with van der Waals surface area (Å²) in [6.45, 7) is 6.05. The molecule has 0 aromatic carbocycles. The summed E-state index contributed by atoms with van der Waals surface area (Å²) < 4.78 is 24.1. The van der Waals surface area contributed by atoms with Crippen molar-refractivity contribution in [2.45, 2.75) is 6.92 Å². The van der Waals surface area contributed by atoms with E-state index in [1.54, 1.807) is 6.92 Å². The van der Waals surface area contributed by atoms with Gasteiger partial charge in [0.25, 0.3) is 0 Å². The van der Waals surface area contributed by atoms with E-state index in [1.807, 2.05) is 0 Å². The normalized spacial score (nSPS) is 13.5. The minimum atomic E-state index is -3.82. The summed E-state index contributed by atoms with van der Waals surface area (Å²) in [7, 11) is -3.82. The predicted molar refractivity (Wildman–Crippen MR) is 36.1 cm³/mol. The summed E-state index contributed by atoms with van der Waals surface area (Å²) in [5.41, 5.74) is 0.587. The van der Waals surface area contributed by atoms with E-state index in [0.29, 0.717) is 5.57 Å². The Hall–Kier alpha value is 0.0300. The van der Waals surface area contributed by atoms with Crippen molar-refractivity contribution in [2.75, 3.05) is 12.8 Å². The molecule has 0 amide bonds. The Balaban J connectivity index is 3.55. The molecule has 0 N–H and O–H groups in total. The first-order valence-corrected chi connectivity index (χ1v) is 4.90. The van der Waals surface area contributed by atoms with Crippen molar-refractivity contribution in [3.8, 4) is 0 Å². The van der Waals surface area contributed by atoms with Crippen LogP contribution in [0.25, 0.3) is 0 Å². The van der Waals surface area contributed by atoms with E-state index in [9.17, 15) is 8.39 Å². The van der Waals surface area contributed by atoms with Crippen LogP contribution in [0.5, 0.6) is 0 Å². The van der Waals surface area contributed by atoms with E-state index in [2.05, 4.69) is 6.58 Å². The van der Waals surface area contributed by atoms with Crippen LogP contribution in [-0.2, 0) is 0 Å². The Morgan fingerprint density at radius 1 is 1.62 bits per heavy atom. The molecule has 0 rings (SSSR count). The maximum absolute atomic E-state index is 12.1. The fourth-order valence-electron chi connectivity index (χ4n) is 0.530. The van der Waals surface area contributed by atoms with Gasteiger partial charge >= 0.3 is 48.2 Å². The minimum absolute atomic E-state index is 0.0625. The van der Waals surface area contributed by atoms with Gasteiger partial charge in [-0.25, -0.2) is 0 Å². The van der Waals surface area contributed by atoms with Crippen LogP contribution in [0, 0.1) is 0 Å².